The van der Waals surface area contributed by atoms with Crippen molar-refractivity contribution in [3.05, 3.63) is 28.9 Å². The Labute approximate surface area is 84.5 Å². The van der Waals surface area contributed by atoms with E-state index >= 15 is 0 Å². The molecule has 2 rings (SSSR count). The van der Waals surface area contributed by atoms with Gasteiger partial charge in [-0.05, 0) is 18.2 Å². The molecule has 1 heterocycles. The lowest BCUT2D eigenvalue weighted by Crippen LogP contribution is -2.24. The average molecular weight is 210 g/mol. The third kappa shape index (κ3) is 1.56. The van der Waals surface area contributed by atoms with Crippen LogP contribution in [0, 0.1) is 0 Å². The Kier molecular flexibility index (Phi) is 2.13. The number of carboxylic acid groups (broad SMARTS) is 1. The normalized spacial score (nSPS) is 10.6. The molecule has 0 aliphatic carbocycles. The van der Waals surface area contributed by atoms with Crippen LogP contribution >= 0.6 is 11.6 Å². The van der Waals surface area contributed by atoms with Gasteiger partial charge < -0.3 is 9.90 Å². The Morgan fingerprint density at radius 1 is 1.57 bits per heavy atom. The molecule has 5 heteroatoms. The summed E-state index contributed by atoms with van der Waals surface area (Å²) in [5.41, 5.74) is 1.22. The third-order valence-electron chi connectivity index (χ3n) is 1.92. The van der Waals surface area contributed by atoms with Gasteiger partial charge in [0, 0.05) is 28.5 Å². The number of fused-ring (bicyclic) bond motifs is 1. The molecule has 0 saturated carbocycles. The molecular formula is C9H6ClN2O2-. The van der Waals surface area contributed by atoms with Crippen LogP contribution < -0.4 is 5.11 Å². The van der Waals surface area contributed by atoms with Gasteiger partial charge in [-0.15, -0.1) is 0 Å². The first kappa shape index (κ1) is 9.02. The van der Waals surface area contributed by atoms with E-state index in [2.05, 4.69) is 10.2 Å². The summed E-state index contributed by atoms with van der Waals surface area (Å²) in [4.78, 5) is 10.4. The van der Waals surface area contributed by atoms with Gasteiger partial charge in [0.1, 0.15) is 0 Å². The standard InChI is InChI=1S/C9H7ClN2O2/c10-5-1-2-7-6(3-5)8(12-11-7)4-9(13)14/h1-3H,4H2,(H,11,12)(H,13,14)/p-1. The zero-order valence-electron chi connectivity index (χ0n) is 7.08. The summed E-state index contributed by atoms with van der Waals surface area (Å²) in [7, 11) is 0. The van der Waals surface area contributed by atoms with Crippen LogP contribution in [0.2, 0.25) is 5.02 Å². The molecule has 0 fully saturated rings. The number of carbonyl (C=O) groups excluding carboxylic acids is 1. The van der Waals surface area contributed by atoms with Crippen LogP contribution in [-0.4, -0.2) is 16.2 Å². The lowest BCUT2D eigenvalue weighted by molar-refractivity contribution is -0.304. The van der Waals surface area contributed by atoms with Gasteiger partial charge in [0.15, 0.2) is 0 Å². The number of nitrogens with zero attached hydrogens (tertiary/aromatic N) is 1. The molecule has 1 aromatic carbocycles. The number of carbonyl (C=O) groups is 1. The molecule has 0 amide bonds. The van der Waals surface area contributed by atoms with E-state index in [1.54, 1.807) is 18.2 Å². The Morgan fingerprint density at radius 3 is 3.07 bits per heavy atom. The molecule has 0 unspecified atom stereocenters. The van der Waals surface area contributed by atoms with Crippen LogP contribution in [0.15, 0.2) is 18.2 Å². The topological polar surface area (TPSA) is 68.8 Å². The molecule has 0 aliphatic heterocycles. The average Bonchev–Trinajstić information content (AvgIpc) is 2.47. The van der Waals surface area contributed by atoms with E-state index in [-0.39, 0.29) is 6.42 Å². The maximum atomic E-state index is 10.4. The molecule has 4 nitrogen and oxygen atoms in total. The van der Waals surface area contributed by atoms with Gasteiger partial charge in [-0.3, -0.25) is 5.10 Å². The smallest absolute Gasteiger partial charge is 0.0924 e. The number of halogens is 1. The van der Waals surface area contributed by atoms with Gasteiger partial charge in [0.05, 0.1) is 5.52 Å². The van der Waals surface area contributed by atoms with Crippen molar-refractivity contribution in [2.75, 3.05) is 0 Å². The second-order valence-electron chi connectivity index (χ2n) is 2.91. The summed E-state index contributed by atoms with van der Waals surface area (Å²) in [5, 5.41) is 18.3. The largest absolute Gasteiger partial charge is 0.550 e. The van der Waals surface area contributed by atoms with Crippen molar-refractivity contribution < 1.29 is 9.90 Å². The van der Waals surface area contributed by atoms with Crippen LogP contribution in [0.3, 0.4) is 0 Å². The lowest BCUT2D eigenvalue weighted by atomic mass is 10.2. The number of benzene rings is 1. The van der Waals surface area contributed by atoms with Crippen molar-refractivity contribution >= 4 is 28.5 Å². The van der Waals surface area contributed by atoms with E-state index in [1.165, 1.54) is 0 Å². The zero-order valence-corrected chi connectivity index (χ0v) is 7.84. The molecule has 0 spiro atoms. The van der Waals surface area contributed by atoms with E-state index in [9.17, 15) is 9.90 Å². The SMILES string of the molecule is O=C([O-])Cc1[nH]nc2ccc(Cl)cc12. The molecule has 1 aromatic heterocycles. The van der Waals surface area contributed by atoms with E-state index < -0.39 is 5.97 Å². The van der Waals surface area contributed by atoms with Gasteiger partial charge in [-0.1, -0.05) is 11.6 Å². The van der Waals surface area contributed by atoms with Crippen LogP contribution in [0.5, 0.6) is 0 Å². The van der Waals surface area contributed by atoms with E-state index in [0.717, 1.165) is 5.39 Å². The summed E-state index contributed by atoms with van der Waals surface area (Å²) >= 11 is 5.78. The van der Waals surface area contributed by atoms with Gasteiger partial charge in [-0.2, -0.15) is 5.10 Å². The molecule has 0 aliphatic rings. The van der Waals surface area contributed by atoms with Crippen molar-refractivity contribution in [2.24, 2.45) is 0 Å². The molecule has 72 valence electrons. The number of H-pyrrole nitrogens is 1. The predicted octanol–water partition coefficient (Wildman–Crippen LogP) is 0.509. The monoisotopic (exact) mass is 209 g/mol. The van der Waals surface area contributed by atoms with Gasteiger partial charge in [-0.25, -0.2) is 0 Å². The highest BCUT2D eigenvalue weighted by atomic mass is 35.5. The summed E-state index contributed by atoms with van der Waals surface area (Å²) in [6.45, 7) is 0. The lowest BCUT2D eigenvalue weighted by Gasteiger charge is -1.99. The number of carboxylic acids is 1. The molecule has 0 saturated heterocycles. The number of hydrogen-bond acceptors (Lipinski definition) is 3. The van der Waals surface area contributed by atoms with E-state index in [1.807, 2.05) is 0 Å². The van der Waals surface area contributed by atoms with Crippen LogP contribution in [0.25, 0.3) is 10.9 Å². The molecule has 2 aromatic rings. The minimum atomic E-state index is -1.14. The van der Waals surface area contributed by atoms with E-state index in [0.29, 0.717) is 16.2 Å². The Morgan fingerprint density at radius 2 is 2.36 bits per heavy atom. The van der Waals surface area contributed by atoms with Crippen molar-refractivity contribution in [1.82, 2.24) is 10.2 Å². The number of nitrogens with one attached hydrogen (secondary N) is 1. The number of aromatic amines is 1. The molecule has 0 radical (unpaired) electrons. The highest BCUT2D eigenvalue weighted by Gasteiger charge is 2.05. The quantitative estimate of drug-likeness (QED) is 0.784. The first-order valence-corrected chi connectivity index (χ1v) is 4.37. The summed E-state index contributed by atoms with van der Waals surface area (Å²) < 4.78 is 0. The minimum Gasteiger partial charge on any atom is -0.550 e. The fourth-order valence-electron chi connectivity index (χ4n) is 1.31. The van der Waals surface area contributed by atoms with Crippen LogP contribution in [0.4, 0.5) is 0 Å². The molecule has 0 bridgehead atoms. The van der Waals surface area contributed by atoms with E-state index in [4.69, 9.17) is 11.6 Å². The maximum absolute atomic E-state index is 10.4. The second kappa shape index (κ2) is 3.31. The number of aromatic nitrogens is 2. The summed E-state index contributed by atoms with van der Waals surface area (Å²) in [6.07, 6.45) is -0.184. The molecule has 14 heavy (non-hydrogen) atoms. The van der Waals surface area contributed by atoms with Crippen molar-refractivity contribution in [3.8, 4) is 0 Å². The second-order valence-corrected chi connectivity index (χ2v) is 3.35. The Bertz CT molecular complexity index is 493. The van der Waals surface area contributed by atoms with Gasteiger partial charge in [0.25, 0.3) is 0 Å². The number of aliphatic carboxylic acids is 1. The highest BCUT2D eigenvalue weighted by molar-refractivity contribution is 6.31. The van der Waals surface area contributed by atoms with Crippen molar-refractivity contribution in [3.63, 3.8) is 0 Å². The Balaban J connectivity index is 2.55. The molecular weight excluding hydrogens is 204 g/mol. The molecule has 0 atom stereocenters. The van der Waals surface area contributed by atoms with Crippen molar-refractivity contribution in [2.45, 2.75) is 6.42 Å². The Hall–Kier alpha value is -1.55. The van der Waals surface area contributed by atoms with Gasteiger partial charge in [0.2, 0.25) is 0 Å². The first-order valence-electron chi connectivity index (χ1n) is 3.99. The minimum absolute atomic E-state index is 0.184. The molecule has 1 N–H and O–H groups in total. The van der Waals surface area contributed by atoms with Crippen LogP contribution in [-0.2, 0) is 11.2 Å². The summed E-state index contributed by atoms with van der Waals surface area (Å²) in [6, 6.07) is 5.11. The number of rotatable bonds is 2. The zero-order chi connectivity index (χ0) is 10.1. The maximum Gasteiger partial charge on any atom is 0.0924 e. The van der Waals surface area contributed by atoms with Crippen molar-refractivity contribution in [1.29, 1.82) is 0 Å². The highest BCUT2D eigenvalue weighted by Crippen LogP contribution is 2.20. The van der Waals surface area contributed by atoms with Crippen LogP contribution in [0.1, 0.15) is 5.69 Å². The first-order chi connectivity index (χ1) is 6.66. The third-order valence-corrected chi connectivity index (χ3v) is 2.15. The predicted molar refractivity (Wildman–Crippen MR) is 49.8 cm³/mol. The fraction of sp³-hybridized carbons (Fsp3) is 0.111. The van der Waals surface area contributed by atoms with Gasteiger partial charge >= 0.3 is 0 Å². The fourth-order valence-corrected chi connectivity index (χ4v) is 1.49. The summed E-state index contributed by atoms with van der Waals surface area (Å²) in [5.74, 6) is -1.14. The number of hydrogen-bond donors (Lipinski definition) is 1.